The van der Waals surface area contributed by atoms with Crippen molar-refractivity contribution >= 4 is 27.3 Å². The molecule has 0 spiro atoms. The molecular formula is C14H20BrNS. The molecule has 3 rings (SSSR count). The highest BCUT2D eigenvalue weighted by atomic mass is 79.9. The van der Waals surface area contributed by atoms with Crippen LogP contribution in [0.15, 0.2) is 15.9 Å². The van der Waals surface area contributed by atoms with Crippen molar-refractivity contribution in [2.75, 3.05) is 6.54 Å². The number of nitrogens with one attached hydrogen (secondary N) is 1. The van der Waals surface area contributed by atoms with Crippen molar-refractivity contribution in [1.82, 2.24) is 5.32 Å². The first-order chi connectivity index (χ1) is 8.29. The molecule has 0 radical (unpaired) electrons. The summed E-state index contributed by atoms with van der Waals surface area (Å²) in [6.07, 6.45) is 5.91. The lowest BCUT2D eigenvalue weighted by Gasteiger charge is -2.31. The van der Waals surface area contributed by atoms with Gasteiger partial charge in [0.25, 0.3) is 0 Å². The maximum atomic E-state index is 3.73. The van der Waals surface area contributed by atoms with E-state index in [9.17, 15) is 0 Å². The second-order valence-electron chi connectivity index (χ2n) is 5.51. The van der Waals surface area contributed by atoms with E-state index in [1.54, 1.807) is 0 Å². The van der Waals surface area contributed by atoms with Crippen LogP contribution in [-0.2, 0) is 0 Å². The molecule has 1 aromatic rings. The van der Waals surface area contributed by atoms with Crippen LogP contribution in [0.5, 0.6) is 0 Å². The minimum atomic E-state index is 0.588. The third-order valence-corrected chi connectivity index (χ3v) is 6.53. The monoisotopic (exact) mass is 313 g/mol. The fraction of sp³-hybridized carbons (Fsp3) is 0.714. The first-order valence-electron chi connectivity index (χ1n) is 6.75. The Bertz CT molecular complexity index is 389. The van der Waals surface area contributed by atoms with Crippen molar-refractivity contribution in [2.45, 2.75) is 38.6 Å². The fourth-order valence-electron chi connectivity index (χ4n) is 3.89. The van der Waals surface area contributed by atoms with Gasteiger partial charge in [-0.1, -0.05) is 13.3 Å². The van der Waals surface area contributed by atoms with Gasteiger partial charge in [0.2, 0.25) is 0 Å². The first-order valence-corrected chi connectivity index (χ1v) is 8.43. The molecule has 1 heterocycles. The Morgan fingerprint density at radius 2 is 2.35 bits per heavy atom. The molecule has 17 heavy (non-hydrogen) atoms. The van der Waals surface area contributed by atoms with Crippen LogP contribution in [0.25, 0.3) is 0 Å². The third kappa shape index (κ3) is 2.22. The van der Waals surface area contributed by atoms with E-state index in [-0.39, 0.29) is 0 Å². The zero-order chi connectivity index (χ0) is 11.8. The highest BCUT2D eigenvalue weighted by molar-refractivity contribution is 9.10. The van der Waals surface area contributed by atoms with Crippen molar-refractivity contribution in [1.29, 1.82) is 0 Å². The number of rotatable bonds is 4. The van der Waals surface area contributed by atoms with E-state index in [0.717, 1.165) is 24.3 Å². The number of fused-ring (bicyclic) bond motifs is 2. The first kappa shape index (κ1) is 12.2. The molecule has 2 fully saturated rings. The summed E-state index contributed by atoms with van der Waals surface area (Å²) in [5, 5.41) is 5.94. The highest BCUT2D eigenvalue weighted by Gasteiger charge is 2.43. The molecule has 1 aromatic heterocycles. The molecule has 2 saturated carbocycles. The van der Waals surface area contributed by atoms with Crippen molar-refractivity contribution < 1.29 is 0 Å². The van der Waals surface area contributed by atoms with Crippen LogP contribution in [0, 0.1) is 17.8 Å². The molecule has 1 nitrogen and oxygen atoms in total. The summed E-state index contributed by atoms with van der Waals surface area (Å²) < 4.78 is 1.30. The van der Waals surface area contributed by atoms with Crippen LogP contribution in [0.3, 0.4) is 0 Å². The average Bonchev–Trinajstić information content (AvgIpc) is 3.01. The Morgan fingerprint density at radius 3 is 2.88 bits per heavy atom. The van der Waals surface area contributed by atoms with Crippen molar-refractivity contribution in [3.05, 3.63) is 20.8 Å². The molecule has 0 saturated heterocycles. The van der Waals surface area contributed by atoms with Gasteiger partial charge in [0.15, 0.2) is 0 Å². The zero-order valence-corrected chi connectivity index (χ0v) is 12.7. The molecule has 4 atom stereocenters. The minimum Gasteiger partial charge on any atom is -0.309 e. The molecule has 2 bridgehead atoms. The van der Waals surface area contributed by atoms with Gasteiger partial charge in [-0.05, 0) is 70.9 Å². The lowest BCUT2D eigenvalue weighted by molar-refractivity contribution is 0.255. The second kappa shape index (κ2) is 5.02. The van der Waals surface area contributed by atoms with Gasteiger partial charge in [-0.3, -0.25) is 0 Å². The minimum absolute atomic E-state index is 0.588. The van der Waals surface area contributed by atoms with E-state index in [2.05, 4.69) is 39.6 Å². The summed E-state index contributed by atoms with van der Waals surface area (Å²) in [6.45, 7) is 3.30. The average molecular weight is 314 g/mol. The maximum absolute atomic E-state index is 3.73. The molecule has 1 N–H and O–H groups in total. The summed E-state index contributed by atoms with van der Waals surface area (Å²) in [5.41, 5.74) is 0. The summed E-state index contributed by atoms with van der Waals surface area (Å²) >= 11 is 5.61. The summed E-state index contributed by atoms with van der Waals surface area (Å²) in [7, 11) is 0. The lowest BCUT2D eigenvalue weighted by atomic mass is 9.82. The molecule has 0 amide bonds. The molecule has 2 aliphatic carbocycles. The number of halogens is 1. The standard InChI is InChI=1S/C14H20BrNS/c1-2-16-13(14-12(15)5-6-17-14)11-8-9-3-4-10(11)7-9/h5-6,9-11,13,16H,2-4,7-8H2,1H3. The van der Waals surface area contributed by atoms with Crippen LogP contribution in [0.4, 0.5) is 0 Å². The van der Waals surface area contributed by atoms with Gasteiger partial charge >= 0.3 is 0 Å². The van der Waals surface area contributed by atoms with Crippen LogP contribution in [0.2, 0.25) is 0 Å². The van der Waals surface area contributed by atoms with Gasteiger partial charge in [0.1, 0.15) is 0 Å². The zero-order valence-electron chi connectivity index (χ0n) is 10.3. The predicted molar refractivity (Wildman–Crippen MR) is 77.4 cm³/mol. The van der Waals surface area contributed by atoms with Gasteiger partial charge < -0.3 is 5.32 Å². The smallest absolute Gasteiger partial charge is 0.0457 e. The molecule has 2 aliphatic rings. The van der Waals surface area contributed by atoms with Crippen LogP contribution >= 0.6 is 27.3 Å². The van der Waals surface area contributed by atoms with Crippen molar-refractivity contribution in [3.8, 4) is 0 Å². The van der Waals surface area contributed by atoms with E-state index in [4.69, 9.17) is 0 Å². The predicted octanol–water partition coefficient (Wildman–Crippen LogP) is 4.60. The normalized spacial score (nSPS) is 33.2. The van der Waals surface area contributed by atoms with E-state index < -0.39 is 0 Å². The molecule has 94 valence electrons. The van der Waals surface area contributed by atoms with Crippen LogP contribution < -0.4 is 5.32 Å². The summed E-state index contributed by atoms with van der Waals surface area (Å²) in [6, 6.07) is 2.78. The summed E-state index contributed by atoms with van der Waals surface area (Å²) in [5.74, 6) is 2.89. The Labute approximate surface area is 116 Å². The highest BCUT2D eigenvalue weighted by Crippen LogP contribution is 2.53. The Hall–Kier alpha value is 0.140. The van der Waals surface area contributed by atoms with Gasteiger partial charge in [0.05, 0.1) is 0 Å². The maximum Gasteiger partial charge on any atom is 0.0457 e. The molecule has 0 aliphatic heterocycles. The largest absolute Gasteiger partial charge is 0.309 e. The van der Waals surface area contributed by atoms with E-state index in [0.29, 0.717) is 6.04 Å². The Morgan fingerprint density at radius 1 is 1.47 bits per heavy atom. The number of hydrogen-bond donors (Lipinski definition) is 1. The van der Waals surface area contributed by atoms with E-state index in [1.807, 2.05) is 11.3 Å². The molecule has 3 heteroatoms. The Balaban J connectivity index is 1.83. The molecule has 4 unspecified atom stereocenters. The van der Waals surface area contributed by atoms with Gasteiger partial charge in [-0.15, -0.1) is 11.3 Å². The number of hydrogen-bond acceptors (Lipinski definition) is 2. The van der Waals surface area contributed by atoms with Crippen molar-refractivity contribution in [3.63, 3.8) is 0 Å². The SMILES string of the molecule is CCNC(c1sccc1Br)C1CC2CCC1C2. The van der Waals surface area contributed by atoms with E-state index in [1.165, 1.54) is 35.0 Å². The lowest BCUT2D eigenvalue weighted by Crippen LogP contribution is -2.30. The topological polar surface area (TPSA) is 12.0 Å². The van der Waals surface area contributed by atoms with Gasteiger partial charge in [0, 0.05) is 15.4 Å². The van der Waals surface area contributed by atoms with Gasteiger partial charge in [-0.25, -0.2) is 0 Å². The Kier molecular flexibility index (Phi) is 3.60. The molecular weight excluding hydrogens is 294 g/mol. The second-order valence-corrected chi connectivity index (χ2v) is 7.31. The van der Waals surface area contributed by atoms with Gasteiger partial charge in [-0.2, -0.15) is 0 Å². The van der Waals surface area contributed by atoms with E-state index >= 15 is 0 Å². The third-order valence-electron chi connectivity index (χ3n) is 4.57. The quantitative estimate of drug-likeness (QED) is 0.856. The van der Waals surface area contributed by atoms with Crippen LogP contribution in [-0.4, -0.2) is 6.54 Å². The van der Waals surface area contributed by atoms with Crippen LogP contribution in [0.1, 0.15) is 43.5 Å². The summed E-state index contributed by atoms with van der Waals surface area (Å²) in [4.78, 5) is 1.52. The fourth-order valence-corrected chi connectivity index (χ4v) is 5.66. The van der Waals surface area contributed by atoms with Crippen molar-refractivity contribution in [2.24, 2.45) is 17.8 Å². The number of thiophene rings is 1. The molecule has 0 aromatic carbocycles.